The molecule has 0 atom stereocenters. The summed E-state index contributed by atoms with van der Waals surface area (Å²) in [4.78, 5) is 33.1. The third-order valence-electron chi connectivity index (χ3n) is 3.44. The molecule has 0 radical (unpaired) electrons. The summed E-state index contributed by atoms with van der Waals surface area (Å²) in [5.74, 6) is 0.161. The van der Waals surface area contributed by atoms with Gasteiger partial charge < -0.3 is 14.4 Å². The van der Waals surface area contributed by atoms with Gasteiger partial charge in [-0.3, -0.25) is 4.79 Å². The van der Waals surface area contributed by atoms with Crippen LogP contribution in [0.25, 0.3) is 22.1 Å². The molecule has 0 saturated carbocycles. The molecule has 0 bridgehead atoms. The maximum absolute atomic E-state index is 12.3. The van der Waals surface area contributed by atoms with Gasteiger partial charge in [-0.15, -0.1) is 0 Å². The number of hydrogen-bond donors (Lipinski definition) is 2. The Kier molecular flexibility index (Phi) is 3.27. The van der Waals surface area contributed by atoms with Crippen LogP contribution in [-0.2, 0) is 0 Å². The number of carbonyl (C=O) groups is 1. The summed E-state index contributed by atoms with van der Waals surface area (Å²) in [5, 5.41) is 0.468. The number of H-pyrrole nitrogens is 2. The van der Waals surface area contributed by atoms with Crippen molar-refractivity contribution in [1.82, 2.24) is 15.0 Å². The number of oxazole rings is 1. The number of aromatic amines is 2. The standard InChI is InChI=1S/C16H11N3O3S/c20-13(9-5-6-10-12(7-9)18-15(21)17-10)8-23-16-19-11-3-1-2-4-14(11)22-16/h1-7H,8H2,(H2,17,18,21). The summed E-state index contributed by atoms with van der Waals surface area (Å²) in [5.41, 5.74) is 3.02. The molecule has 2 aromatic carbocycles. The van der Waals surface area contributed by atoms with Crippen LogP contribution in [0.3, 0.4) is 0 Å². The molecule has 0 aliphatic rings. The Morgan fingerprint density at radius 2 is 1.96 bits per heavy atom. The van der Waals surface area contributed by atoms with Crippen LogP contribution in [0.15, 0.2) is 56.9 Å². The fraction of sp³-hybridized carbons (Fsp3) is 0.0625. The molecule has 0 amide bonds. The van der Waals surface area contributed by atoms with Crippen molar-refractivity contribution in [2.24, 2.45) is 0 Å². The van der Waals surface area contributed by atoms with Gasteiger partial charge in [0.15, 0.2) is 11.4 Å². The minimum absolute atomic E-state index is 0.0544. The lowest BCUT2D eigenvalue weighted by molar-refractivity contribution is 0.102. The Morgan fingerprint density at radius 1 is 1.13 bits per heavy atom. The lowest BCUT2D eigenvalue weighted by Crippen LogP contribution is -2.02. The number of carbonyl (C=O) groups excluding carboxylic acids is 1. The van der Waals surface area contributed by atoms with E-state index in [2.05, 4.69) is 15.0 Å². The molecule has 0 saturated heterocycles. The summed E-state index contributed by atoms with van der Waals surface area (Å²) >= 11 is 1.25. The van der Waals surface area contributed by atoms with E-state index >= 15 is 0 Å². The lowest BCUT2D eigenvalue weighted by Gasteiger charge is -1.99. The highest BCUT2D eigenvalue weighted by atomic mass is 32.2. The number of benzene rings is 2. The molecule has 114 valence electrons. The average Bonchev–Trinajstić information content (AvgIpc) is 3.13. The second-order valence-electron chi connectivity index (χ2n) is 5.00. The first-order valence-corrected chi connectivity index (χ1v) is 7.91. The van der Waals surface area contributed by atoms with Crippen molar-refractivity contribution in [3.8, 4) is 0 Å². The van der Waals surface area contributed by atoms with Gasteiger partial charge in [0.05, 0.1) is 16.8 Å². The Bertz CT molecular complexity index is 1040. The number of thioether (sulfide) groups is 1. The molecule has 6 nitrogen and oxygen atoms in total. The van der Waals surface area contributed by atoms with Crippen LogP contribution in [-0.4, -0.2) is 26.5 Å². The predicted octanol–water partition coefficient (Wildman–Crippen LogP) is 2.97. The number of imidazole rings is 1. The zero-order chi connectivity index (χ0) is 15.8. The molecule has 0 aliphatic heterocycles. The summed E-state index contributed by atoms with van der Waals surface area (Å²) in [6.45, 7) is 0. The van der Waals surface area contributed by atoms with Gasteiger partial charge in [-0.25, -0.2) is 9.78 Å². The van der Waals surface area contributed by atoms with Gasteiger partial charge in [0.1, 0.15) is 5.52 Å². The summed E-state index contributed by atoms with van der Waals surface area (Å²) in [7, 11) is 0. The molecule has 0 unspecified atom stereocenters. The maximum atomic E-state index is 12.3. The van der Waals surface area contributed by atoms with Crippen LogP contribution < -0.4 is 5.69 Å². The number of fused-ring (bicyclic) bond motifs is 2. The minimum Gasteiger partial charge on any atom is -0.431 e. The third kappa shape index (κ3) is 2.66. The minimum atomic E-state index is -0.287. The zero-order valence-corrected chi connectivity index (χ0v) is 12.6. The lowest BCUT2D eigenvalue weighted by atomic mass is 10.1. The van der Waals surface area contributed by atoms with Gasteiger partial charge in [0.2, 0.25) is 0 Å². The first kappa shape index (κ1) is 13.8. The molecule has 0 aliphatic carbocycles. The predicted molar refractivity (Wildman–Crippen MR) is 88.0 cm³/mol. The number of ketones is 1. The molecule has 2 N–H and O–H groups in total. The molecule has 2 heterocycles. The SMILES string of the molecule is O=C(CSc1nc2ccccc2o1)c1ccc2[nH]c(=O)[nH]c2c1. The summed E-state index contributed by atoms with van der Waals surface area (Å²) in [6.07, 6.45) is 0. The highest BCUT2D eigenvalue weighted by Crippen LogP contribution is 2.24. The van der Waals surface area contributed by atoms with E-state index in [0.29, 0.717) is 27.4 Å². The Hall–Kier alpha value is -2.80. The van der Waals surface area contributed by atoms with E-state index in [1.165, 1.54) is 11.8 Å². The van der Waals surface area contributed by atoms with E-state index in [9.17, 15) is 9.59 Å². The van der Waals surface area contributed by atoms with Crippen LogP contribution in [0.4, 0.5) is 0 Å². The summed E-state index contributed by atoms with van der Waals surface area (Å²) < 4.78 is 5.58. The first-order valence-electron chi connectivity index (χ1n) is 6.93. The van der Waals surface area contributed by atoms with Crippen LogP contribution in [0.2, 0.25) is 0 Å². The molecule has 2 aromatic heterocycles. The monoisotopic (exact) mass is 325 g/mol. The number of nitrogens with one attached hydrogen (secondary N) is 2. The smallest absolute Gasteiger partial charge is 0.323 e. The fourth-order valence-corrected chi connectivity index (χ4v) is 3.06. The first-order chi connectivity index (χ1) is 11.2. The average molecular weight is 325 g/mol. The molecule has 0 fully saturated rings. The molecule has 4 aromatic rings. The van der Waals surface area contributed by atoms with E-state index in [1.807, 2.05) is 24.3 Å². The van der Waals surface area contributed by atoms with E-state index in [0.717, 1.165) is 5.52 Å². The molecule has 0 spiro atoms. The number of para-hydroxylation sites is 2. The van der Waals surface area contributed by atoms with E-state index in [1.54, 1.807) is 18.2 Å². The van der Waals surface area contributed by atoms with Gasteiger partial charge in [-0.05, 0) is 30.3 Å². The van der Waals surface area contributed by atoms with Crippen molar-refractivity contribution in [2.45, 2.75) is 5.22 Å². The third-order valence-corrected chi connectivity index (χ3v) is 4.27. The van der Waals surface area contributed by atoms with Crippen molar-refractivity contribution >= 4 is 39.7 Å². The van der Waals surface area contributed by atoms with Gasteiger partial charge in [0, 0.05) is 5.56 Å². The normalized spacial score (nSPS) is 11.3. The molecule has 23 heavy (non-hydrogen) atoms. The van der Waals surface area contributed by atoms with Gasteiger partial charge in [0.25, 0.3) is 5.22 Å². The Morgan fingerprint density at radius 3 is 2.83 bits per heavy atom. The van der Waals surface area contributed by atoms with Gasteiger partial charge >= 0.3 is 5.69 Å². The topological polar surface area (TPSA) is 91.8 Å². The Balaban J connectivity index is 1.52. The van der Waals surface area contributed by atoms with E-state index in [-0.39, 0.29) is 17.2 Å². The largest absolute Gasteiger partial charge is 0.431 e. The number of rotatable bonds is 4. The second kappa shape index (κ2) is 5.44. The van der Waals surface area contributed by atoms with Gasteiger partial charge in [-0.2, -0.15) is 0 Å². The van der Waals surface area contributed by atoms with Crippen molar-refractivity contribution in [1.29, 1.82) is 0 Å². The number of hydrogen-bond acceptors (Lipinski definition) is 5. The maximum Gasteiger partial charge on any atom is 0.323 e. The Labute approximate surface area is 133 Å². The number of Topliss-reactive ketones (excluding diaryl/α,β-unsaturated/α-hetero) is 1. The molecule has 4 rings (SSSR count). The second-order valence-corrected chi connectivity index (χ2v) is 5.93. The quantitative estimate of drug-likeness (QED) is 0.444. The van der Waals surface area contributed by atoms with Crippen LogP contribution in [0.1, 0.15) is 10.4 Å². The molecular formula is C16H11N3O3S. The van der Waals surface area contributed by atoms with E-state index in [4.69, 9.17) is 4.42 Å². The zero-order valence-electron chi connectivity index (χ0n) is 11.8. The van der Waals surface area contributed by atoms with Crippen molar-refractivity contribution < 1.29 is 9.21 Å². The fourth-order valence-electron chi connectivity index (χ4n) is 2.33. The van der Waals surface area contributed by atoms with Crippen LogP contribution >= 0.6 is 11.8 Å². The summed E-state index contributed by atoms with van der Waals surface area (Å²) in [6, 6.07) is 12.5. The van der Waals surface area contributed by atoms with Crippen molar-refractivity contribution in [2.75, 3.05) is 5.75 Å². The van der Waals surface area contributed by atoms with Gasteiger partial charge in [-0.1, -0.05) is 23.9 Å². The number of aromatic nitrogens is 3. The highest BCUT2D eigenvalue weighted by molar-refractivity contribution is 7.99. The van der Waals surface area contributed by atoms with Crippen LogP contribution in [0.5, 0.6) is 0 Å². The number of nitrogens with zero attached hydrogens (tertiary/aromatic N) is 1. The van der Waals surface area contributed by atoms with E-state index < -0.39 is 0 Å². The highest BCUT2D eigenvalue weighted by Gasteiger charge is 2.12. The molecule has 7 heteroatoms. The molecular weight excluding hydrogens is 314 g/mol. The van der Waals surface area contributed by atoms with Crippen LogP contribution in [0, 0.1) is 0 Å². The van der Waals surface area contributed by atoms with Crippen molar-refractivity contribution in [3.63, 3.8) is 0 Å². The van der Waals surface area contributed by atoms with Crippen molar-refractivity contribution in [3.05, 3.63) is 58.5 Å².